The van der Waals surface area contributed by atoms with Crippen LogP contribution in [0.4, 0.5) is 4.39 Å². The van der Waals surface area contributed by atoms with Crippen molar-refractivity contribution in [2.45, 2.75) is 25.8 Å². The van der Waals surface area contributed by atoms with Gasteiger partial charge in [0, 0.05) is 18.3 Å². The van der Waals surface area contributed by atoms with Crippen molar-refractivity contribution < 1.29 is 9.18 Å². The summed E-state index contributed by atoms with van der Waals surface area (Å²) in [5, 5.41) is 6.38. The number of aromatic amines is 1. The van der Waals surface area contributed by atoms with E-state index in [2.05, 4.69) is 15.1 Å². The highest BCUT2D eigenvalue weighted by molar-refractivity contribution is 7.17. The average Bonchev–Trinajstić information content (AvgIpc) is 3.44. The van der Waals surface area contributed by atoms with Crippen molar-refractivity contribution in [3.8, 4) is 5.69 Å². The van der Waals surface area contributed by atoms with E-state index in [4.69, 9.17) is 0 Å². The Labute approximate surface area is 174 Å². The molecule has 0 saturated carbocycles. The van der Waals surface area contributed by atoms with E-state index < -0.39 is 0 Å². The molecule has 30 heavy (non-hydrogen) atoms. The normalized spacial score (nSPS) is 13.0. The van der Waals surface area contributed by atoms with Crippen LogP contribution >= 0.6 is 11.3 Å². The van der Waals surface area contributed by atoms with E-state index >= 15 is 0 Å². The van der Waals surface area contributed by atoms with E-state index in [-0.39, 0.29) is 23.8 Å². The van der Waals surface area contributed by atoms with Crippen LogP contribution in [0.5, 0.6) is 0 Å². The van der Waals surface area contributed by atoms with Crippen LogP contribution in [0.2, 0.25) is 0 Å². The van der Waals surface area contributed by atoms with Crippen molar-refractivity contribution in [1.29, 1.82) is 0 Å². The Morgan fingerprint density at radius 1 is 1.27 bits per heavy atom. The number of hydrogen-bond acceptors (Lipinski definition) is 5. The molecule has 1 aliphatic rings. The lowest BCUT2D eigenvalue weighted by Crippen LogP contribution is -2.29. The topological polar surface area (TPSA) is 83.9 Å². The lowest BCUT2D eigenvalue weighted by molar-refractivity contribution is 0.0774. The Morgan fingerprint density at radius 2 is 2.07 bits per heavy atom. The Balaban J connectivity index is 1.46. The van der Waals surface area contributed by atoms with Gasteiger partial charge in [0.2, 0.25) is 0 Å². The quantitative estimate of drug-likeness (QED) is 0.547. The number of halogens is 1. The maximum atomic E-state index is 13.3. The third-order valence-electron chi connectivity index (χ3n) is 5.30. The van der Waals surface area contributed by atoms with Crippen molar-refractivity contribution in [3.05, 3.63) is 74.7 Å². The first-order chi connectivity index (χ1) is 14.5. The van der Waals surface area contributed by atoms with Crippen LogP contribution in [0.3, 0.4) is 0 Å². The summed E-state index contributed by atoms with van der Waals surface area (Å²) < 4.78 is 15.6. The number of amides is 1. The van der Waals surface area contributed by atoms with Crippen LogP contribution in [0, 0.1) is 5.82 Å². The summed E-state index contributed by atoms with van der Waals surface area (Å²) in [7, 11) is 1.67. The molecule has 1 aromatic carbocycles. The molecule has 0 saturated heterocycles. The Hall–Kier alpha value is -3.33. The monoisotopic (exact) mass is 423 g/mol. The molecular weight excluding hydrogens is 405 g/mol. The highest BCUT2D eigenvalue weighted by atomic mass is 32.1. The van der Waals surface area contributed by atoms with Crippen molar-refractivity contribution in [1.82, 2.24) is 24.6 Å². The summed E-state index contributed by atoms with van der Waals surface area (Å²) in [5.74, 6) is -0.124. The molecule has 0 unspecified atom stereocenters. The van der Waals surface area contributed by atoms with Crippen LogP contribution in [-0.2, 0) is 19.4 Å². The predicted octanol–water partition coefficient (Wildman–Crippen LogP) is 3.07. The van der Waals surface area contributed by atoms with E-state index in [1.54, 1.807) is 29.9 Å². The summed E-state index contributed by atoms with van der Waals surface area (Å²) in [6.07, 6.45) is 2.55. The number of aromatic nitrogens is 4. The number of fused-ring (bicyclic) bond motifs is 2. The summed E-state index contributed by atoms with van der Waals surface area (Å²) in [6.45, 7) is 0.165. The minimum Gasteiger partial charge on any atom is -0.333 e. The number of benzene rings is 1. The first-order valence-corrected chi connectivity index (χ1v) is 10.5. The zero-order chi connectivity index (χ0) is 20.8. The molecule has 3 heterocycles. The lowest BCUT2D eigenvalue weighted by atomic mass is 10.2. The first-order valence-electron chi connectivity index (χ1n) is 9.60. The number of carbonyl (C=O) groups is 1. The summed E-state index contributed by atoms with van der Waals surface area (Å²) in [5.41, 5.74) is 3.47. The fourth-order valence-corrected chi connectivity index (χ4v) is 4.60. The highest BCUT2D eigenvalue weighted by Gasteiger charge is 2.28. The second kappa shape index (κ2) is 7.17. The van der Waals surface area contributed by atoms with Gasteiger partial charge >= 0.3 is 0 Å². The maximum Gasteiger partial charge on any atom is 0.274 e. The molecule has 1 amide bonds. The van der Waals surface area contributed by atoms with Crippen molar-refractivity contribution in [2.24, 2.45) is 0 Å². The van der Waals surface area contributed by atoms with Gasteiger partial charge in [0.15, 0.2) is 5.69 Å². The van der Waals surface area contributed by atoms with Gasteiger partial charge in [-0.25, -0.2) is 14.1 Å². The molecule has 0 radical (unpaired) electrons. The maximum absolute atomic E-state index is 13.3. The van der Waals surface area contributed by atoms with Gasteiger partial charge in [0.05, 0.1) is 17.7 Å². The highest BCUT2D eigenvalue weighted by Crippen LogP contribution is 2.28. The van der Waals surface area contributed by atoms with E-state index in [1.807, 2.05) is 5.38 Å². The smallest absolute Gasteiger partial charge is 0.274 e. The Bertz CT molecular complexity index is 1320. The number of nitrogens with one attached hydrogen (secondary N) is 1. The SMILES string of the molecule is CN(Cc1nc2ccsc2c(=O)[nH]1)C(=O)c1nn(-c2ccc(F)cc2)c2c1CCC2. The molecule has 1 aliphatic carbocycles. The Morgan fingerprint density at radius 3 is 2.87 bits per heavy atom. The van der Waals surface area contributed by atoms with Crippen molar-refractivity contribution in [3.63, 3.8) is 0 Å². The molecular formula is C21H18FN5O2S. The van der Waals surface area contributed by atoms with Gasteiger partial charge in [-0.15, -0.1) is 11.3 Å². The summed E-state index contributed by atoms with van der Waals surface area (Å²) >= 11 is 1.34. The van der Waals surface area contributed by atoms with Gasteiger partial charge in [-0.05, 0) is 55.0 Å². The third kappa shape index (κ3) is 3.11. The standard InChI is InChI=1S/C21H18FN5O2S/c1-26(11-17-23-15-9-10-30-19(15)20(28)24-17)21(29)18-14-3-2-4-16(14)27(25-18)13-7-5-12(22)6-8-13/h5-10H,2-4,11H2,1H3,(H,23,24,28). The number of carbonyl (C=O) groups excluding carboxylic acids is 1. The van der Waals surface area contributed by atoms with E-state index in [0.29, 0.717) is 21.7 Å². The number of nitrogens with zero attached hydrogens (tertiary/aromatic N) is 4. The largest absolute Gasteiger partial charge is 0.333 e. The van der Waals surface area contributed by atoms with E-state index in [9.17, 15) is 14.0 Å². The van der Waals surface area contributed by atoms with Crippen molar-refractivity contribution >= 4 is 27.5 Å². The third-order valence-corrected chi connectivity index (χ3v) is 6.20. The van der Waals surface area contributed by atoms with Crippen LogP contribution in [0.15, 0.2) is 40.5 Å². The predicted molar refractivity (Wildman–Crippen MR) is 112 cm³/mol. The van der Waals surface area contributed by atoms with Gasteiger partial charge in [0.1, 0.15) is 16.3 Å². The Kier molecular flexibility index (Phi) is 4.47. The van der Waals surface area contributed by atoms with Crippen molar-refractivity contribution in [2.75, 3.05) is 7.05 Å². The molecule has 0 atom stereocenters. The number of H-pyrrole nitrogens is 1. The zero-order valence-corrected chi connectivity index (χ0v) is 17.0. The van der Waals surface area contributed by atoms with Gasteiger partial charge in [0.25, 0.3) is 11.5 Å². The van der Waals surface area contributed by atoms with Gasteiger partial charge < -0.3 is 9.88 Å². The van der Waals surface area contributed by atoms with Crippen LogP contribution < -0.4 is 5.56 Å². The molecule has 5 rings (SSSR count). The van der Waals surface area contributed by atoms with Gasteiger partial charge in [-0.1, -0.05) is 0 Å². The summed E-state index contributed by atoms with van der Waals surface area (Å²) in [6, 6.07) is 7.87. The molecule has 0 bridgehead atoms. The molecule has 9 heteroatoms. The zero-order valence-electron chi connectivity index (χ0n) is 16.2. The fourth-order valence-electron chi connectivity index (χ4n) is 3.88. The molecule has 3 aromatic heterocycles. The molecule has 0 aliphatic heterocycles. The fraction of sp³-hybridized carbons (Fsp3) is 0.238. The van der Waals surface area contributed by atoms with Gasteiger partial charge in [-0.2, -0.15) is 5.10 Å². The second-order valence-corrected chi connectivity index (χ2v) is 8.24. The molecule has 152 valence electrons. The molecule has 7 nitrogen and oxygen atoms in total. The minimum absolute atomic E-state index is 0.165. The molecule has 1 N–H and O–H groups in total. The minimum atomic E-state index is -0.317. The van der Waals surface area contributed by atoms with E-state index in [0.717, 1.165) is 36.2 Å². The van der Waals surface area contributed by atoms with Gasteiger partial charge in [-0.3, -0.25) is 9.59 Å². The van der Waals surface area contributed by atoms with Crippen LogP contribution in [0.25, 0.3) is 15.9 Å². The summed E-state index contributed by atoms with van der Waals surface area (Å²) in [4.78, 5) is 34.1. The lowest BCUT2D eigenvalue weighted by Gasteiger charge is -2.16. The van der Waals surface area contributed by atoms with Crippen LogP contribution in [0.1, 0.15) is 34.0 Å². The number of hydrogen-bond donors (Lipinski definition) is 1. The van der Waals surface area contributed by atoms with E-state index in [1.165, 1.54) is 28.4 Å². The first kappa shape index (κ1) is 18.7. The second-order valence-electron chi connectivity index (χ2n) is 7.32. The molecule has 0 spiro atoms. The van der Waals surface area contributed by atoms with Crippen LogP contribution in [-0.4, -0.2) is 37.6 Å². The number of rotatable bonds is 4. The number of thiophene rings is 1. The molecule has 0 fully saturated rings. The average molecular weight is 423 g/mol. The molecule has 4 aromatic rings.